The van der Waals surface area contributed by atoms with Gasteiger partial charge < -0.3 is 14.4 Å². The molecule has 1 amide bonds. The third kappa shape index (κ3) is 4.87. The molecule has 2 aromatic carbocycles. The molecule has 0 unspecified atom stereocenters. The zero-order valence-electron chi connectivity index (χ0n) is 19.2. The quantitative estimate of drug-likeness (QED) is 0.474. The molecule has 5 rings (SSSR count). The Kier molecular flexibility index (Phi) is 6.68. The molecule has 1 atom stereocenters. The molecule has 2 saturated heterocycles. The smallest absolute Gasteiger partial charge is 0.253 e. The fourth-order valence-corrected chi connectivity index (χ4v) is 4.82. The van der Waals surface area contributed by atoms with Crippen LogP contribution >= 0.6 is 11.6 Å². The van der Waals surface area contributed by atoms with Crippen LogP contribution in [0.1, 0.15) is 39.1 Å². The summed E-state index contributed by atoms with van der Waals surface area (Å²) in [6, 6.07) is 10.8. The molecule has 3 heterocycles. The highest BCUT2D eigenvalue weighted by atomic mass is 35.5. The van der Waals surface area contributed by atoms with Crippen molar-refractivity contribution in [3.8, 4) is 0 Å². The van der Waals surface area contributed by atoms with Gasteiger partial charge in [-0.3, -0.25) is 14.3 Å². The normalized spacial score (nSPS) is 18.8. The highest BCUT2D eigenvalue weighted by molar-refractivity contribution is 6.30. The summed E-state index contributed by atoms with van der Waals surface area (Å²) in [6.07, 6.45) is 3.12. The van der Waals surface area contributed by atoms with Gasteiger partial charge in [-0.2, -0.15) is 5.10 Å². The van der Waals surface area contributed by atoms with Crippen molar-refractivity contribution in [3.63, 3.8) is 0 Å². The fraction of sp³-hybridized carbons (Fsp3) is 0.423. The summed E-state index contributed by atoms with van der Waals surface area (Å²) in [5.41, 5.74) is 3.24. The van der Waals surface area contributed by atoms with Gasteiger partial charge in [0.05, 0.1) is 31.4 Å². The molecule has 0 N–H and O–H groups in total. The number of carbonyl (C=O) groups excluding carboxylic acids is 2. The highest BCUT2D eigenvalue weighted by Gasteiger charge is 2.31. The van der Waals surface area contributed by atoms with Crippen molar-refractivity contribution in [1.82, 2.24) is 14.7 Å². The third-order valence-corrected chi connectivity index (χ3v) is 6.92. The van der Waals surface area contributed by atoms with E-state index in [1.54, 1.807) is 24.3 Å². The van der Waals surface area contributed by atoms with Crippen LogP contribution in [0.15, 0.2) is 42.6 Å². The lowest BCUT2D eigenvalue weighted by atomic mass is 9.97. The molecule has 0 aliphatic carbocycles. The lowest BCUT2D eigenvalue weighted by Crippen LogP contribution is -2.51. The molecule has 7 nitrogen and oxygen atoms in total. The average molecular weight is 482 g/mol. The van der Waals surface area contributed by atoms with Crippen molar-refractivity contribution in [2.45, 2.75) is 32.4 Å². The summed E-state index contributed by atoms with van der Waals surface area (Å²) < 4.78 is 13.0. The van der Waals surface area contributed by atoms with Crippen LogP contribution in [0.2, 0.25) is 5.02 Å². The van der Waals surface area contributed by atoms with Gasteiger partial charge in [0.15, 0.2) is 5.78 Å². The second-order valence-corrected chi connectivity index (χ2v) is 9.57. The summed E-state index contributed by atoms with van der Waals surface area (Å²) in [5.74, 6) is 0.504. The number of Topliss-reactive ketones (excluding diaryl/α,β-unsaturated/α-hetero) is 1. The molecule has 2 aliphatic rings. The van der Waals surface area contributed by atoms with Gasteiger partial charge in [-0.25, -0.2) is 0 Å². The monoisotopic (exact) mass is 481 g/mol. The molecule has 3 aromatic rings. The lowest BCUT2D eigenvalue weighted by Gasteiger charge is -2.39. The Balaban J connectivity index is 1.19. The van der Waals surface area contributed by atoms with Gasteiger partial charge in [0.25, 0.3) is 5.91 Å². The van der Waals surface area contributed by atoms with E-state index < -0.39 is 0 Å². The number of benzene rings is 2. The van der Waals surface area contributed by atoms with E-state index in [0.29, 0.717) is 62.3 Å². The number of hydrogen-bond acceptors (Lipinski definition) is 5. The summed E-state index contributed by atoms with van der Waals surface area (Å²) >= 11 is 5.91. The van der Waals surface area contributed by atoms with E-state index in [2.05, 4.69) is 0 Å². The number of ether oxygens (including phenoxy) is 2. The maximum Gasteiger partial charge on any atom is 0.253 e. The molecule has 0 spiro atoms. The van der Waals surface area contributed by atoms with E-state index in [0.717, 1.165) is 28.6 Å². The molecule has 2 aliphatic heterocycles. The molecule has 1 aromatic heterocycles. The summed E-state index contributed by atoms with van der Waals surface area (Å²) in [4.78, 5) is 27.3. The van der Waals surface area contributed by atoms with Crippen LogP contribution in [0.25, 0.3) is 10.9 Å². The van der Waals surface area contributed by atoms with Crippen LogP contribution in [0.3, 0.4) is 0 Å². The number of aryl methyl sites for hydroxylation is 1. The number of aromatic nitrogens is 2. The minimum Gasteiger partial charge on any atom is -0.376 e. The molecule has 0 saturated carbocycles. The number of nitrogens with zero attached hydrogens (tertiary/aromatic N) is 3. The Hall–Kier alpha value is -2.74. The van der Waals surface area contributed by atoms with Crippen LogP contribution < -0.4 is 0 Å². The average Bonchev–Trinajstić information content (AvgIpc) is 3.24. The van der Waals surface area contributed by atoms with Crippen LogP contribution in [-0.4, -0.2) is 65.4 Å². The van der Waals surface area contributed by atoms with Crippen molar-refractivity contribution in [2.75, 3.05) is 32.9 Å². The van der Waals surface area contributed by atoms with Crippen LogP contribution in [0.4, 0.5) is 0 Å². The summed E-state index contributed by atoms with van der Waals surface area (Å²) in [6.45, 7) is 5.90. The molecule has 34 heavy (non-hydrogen) atoms. The molecule has 2 fully saturated rings. The third-order valence-electron chi connectivity index (χ3n) is 6.67. The van der Waals surface area contributed by atoms with Gasteiger partial charge in [-0.15, -0.1) is 0 Å². The van der Waals surface area contributed by atoms with Crippen LogP contribution in [-0.2, 0) is 16.0 Å². The second-order valence-electron chi connectivity index (χ2n) is 9.13. The maximum atomic E-state index is 12.9. The minimum atomic E-state index is -0.00176. The van der Waals surface area contributed by atoms with E-state index in [1.807, 2.05) is 34.8 Å². The van der Waals surface area contributed by atoms with Crippen molar-refractivity contribution >= 4 is 34.2 Å². The van der Waals surface area contributed by atoms with Gasteiger partial charge in [0.1, 0.15) is 0 Å². The van der Waals surface area contributed by atoms with E-state index >= 15 is 0 Å². The van der Waals surface area contributed by atoms with E-state index in [-0.39, 0.29) is 17.8 Å². The van der Waals surface area contributed by atoms with Crippen LogP contribution in [0.5, 0.6) is 0 Å². The van der Waals surface area contributed by atoms with E-state index in [9.17, 15) is 9.59 Å². The molecule has 0 bridgehead atoms. The zero-order chi connectivity index (χ0) is 23.7. The number of fused-ring (bicyclic) bond motifs is 1. The molecule has 178 valence electrons. The number of ketones is 1. The first-order valence-electron chi connectivity index (χ1n) is 11.7. The first-order valence-corrected chi connectivity index (χ1v) is 12.1. The summed E-state index contributed by atoms with van der Waals surface area (Å²) in [7, 11) is 0. The highest BCUT2D eigenvalue weighted by Crippen LogP contribution is 2.25. The van der Waals surface area contributed by atoms with Crippen LogP contribution in [0, 0.1) is 12.8 Å². The number of carbonyl (C=O) groups is 2. The van der Waals surface area contributed by atoms with Gasteiger partial charge in [0.2, 0.25) is 0 Å². The van der Waals surface area contributed by atoms with Crippen molar-refractivity contribution in [1.29, 1.82) is 0 Å². The van der Waals surface area contributed by atoms with E-state index in [4.69, 9.17) is 26.2 Å². The summed E-state index contributed by atoms with van der Waals surface area (Å²) in [5, 5.41) is 6.32. The van der Waals surface area contributed by atoms with Gasteiger partial charge in [0, 0.05) is 59.7 Å². The van der Waals surface area contributed by atoms with Crippen molar-refractivity contribution in [3.05, 3.63) is 64.3 Å². The van der Waals surface area contributed by atoms with Crippen molar-refractivity contribution < 1.29 is 19.1 Å². The molecule has 8 heteroatoms. The largest absolute Gasteiger partial charge is 0.376 e. The van der Waals surface area contributed by atoms with Gasteiger partial charge >= 0.3 is 0 Å². The fourth-order valence-electron chi connectivity index (χ4n) is 4.70. The van der Waals surface area contributed by atoms with E-state index in [1.165, 1.54) is 0 Å². The topological polar surface area (TPSA) is 73.7 Å². The predicted octanol–water partition coefficient (Wildman–Crippen LogP) is 4.15. The Morgan fingerprint density at radius 2 is 1.91 bits per heavy atom. The Morgan fingerprint density at radius 3 is 2.65 bits per heavy atom. The zero-order valence-corrected chi connectivity index (χ0v) is 20.0. The first-order chi connectivity index (χ1) is 16.5. The van der Waals surface area contributed by atoms with Gasteiger partial charge in [-0.05, 0) is 55.3 Å². The maximum absolute atomic E-state index is 12.9. The standard InChI is InChI=1S/C26H28ClN3O4/c1-17-22(25(31)9-6-21-16-33-10-11-34-21)7-8-24-23(17)15-30(28-24)14-18-12-29(13-18)26(32)19-2-4-20(27)5-3-19/h2-5,7-8,15,18,21H,6,9-14,16H2,1H3/t21-/m0/s1. The minimum absolute atomic E-state index is 0.00176. The van der Waals surface area contributed by atoms with Crippen molar-refractivity contribution in [2.24, 2.45) is 5.92 Å². The molecular weight excluding hydrogens is 454 g/mol. The molecular formula is C26H28ClN3O4. The number of hydrogen-bond donors (Lipinski definition) is 0. The Bertz CT molecular complexity index is 1190. The number of likely N-dealkylation sites (tertiary alicyclic amines) is 1. The van der Waals surface area contributed by atoms with Gasteiger partial charge in [-0.1, -0.05) is 11.6 Å². The lowest BCUT2D eigenvalue weighted by molar-refractivity contribution is -0.0902. The number of rotatable bonds is 7. The number of halogens is 1. The second kappa shape index (κ2) is 9.86. The Morgan fingerprint density at radius 1 is 1.12 bits per heavy atom. The first kappa shape index (κ1) is 23.0. The Labute approximate surface area is 203 Å². The molecule has 0 radical (unpaired) electrons. The SMILES string of the molecule is Cc1c(C(=O)CC[C@H]2COCCO2)ccc2nn(CC3CN(C(=O)c4ccc(Cl)cc4)C3)cc12. The predicted molar refractivity (Wildman–Crippen MR) is 129 cm³/mol. The number of amides is 1.